The number of aromatic nitrogens is 2. The Morgan fingerprint density at radius 1 is 1.16 bits per heavy atom. The number of Topliss-reactive ketones (excluding diaryl/α,β-unsaturated/α-hetero) is 1. The third kappa shape index (κ3) is 5.46. The molecule has 1 atom stereocenters. The lowest BCUT2D eigenvalue weighted by molar-refractivity contribution is -0.161. The minimum atomic E-state index is -0.872. The zero-order valence-electron chi connectivity index (χ0n) is 14.7. The molecule has 0 saturated carbocycles. The molecule has 1 aromatic carbocycles. The van der Waals surface area contributed by atoms with E-state index < -0.39 is 17.5 Å². The standard InChI is InChI=1S/C19H21BrN2O3/c1-12(23)15(18(24)25-19(2,3)4)10-14-11-16(21-22-17(14)20)13-8-6-5-7-9-13/h5-9,11,15H,10H2,1-4H3. The molecule has 1 unspecified atom stereocenters. The summed E-state index contributed by atoms with van der Waals surface area (Å²) in [7, 11) is 0. The molecular formula is C19H21BrN2O3. The van der Waals surface area contributed by atoms with Crippen molar-refractivity contribution in [2.75, 3.05) is 0 Å². The Morgan fingerprint density at radius 2 is 1.80 bits per heavy atom. The molecule has 0 radical (unpaired) electrons. The maximum atomic E-state index is 12.4. The lowest BCUT2D eigenvalue weighted by Crippen LogP contribution is -2.33. The van der Waals surface area contributed by atoms with Gasteiger partial charge in [-0.15, -0.1) is 10.2 Å². The largest absolute Gasteiger partial charge is 0.459 e. The summed E-state index contributed by atoms with van der Waals surface area (Å²) in [4.78, 5) is 24.4. The first-order valence-electron chi connectivity index (χ1n) is 7.98. The fraction of sp³-hybridized carbons (Fsp3) is 0.368. The van der Waals surface area contributed by atoms with Gasteiger partial charge in [-0.3, -0.25) is 9.59 Å². The topological polar surface area (TPSA) is 69.2 Å². The molecule has 2 aromatic rings. The molecule has 0 aliphatic heterocycles. The van der Waals surface area contributed by atoms with E-state index in [1.54, 1.807) is 20.8 Å². The van der Waals surface area contributed by atoms with Gasteiger partial charge in [0.15, 0.2) is 0 Å². The summed E-state index contributed by atoms with van der Waals surface area (Å²) in [5.74, 6) is -1.63. The summed E-state index contributed by atoms with van der Waals surface area (Å²) < 4.78 is 5.89. The van der Waals surface area contributed by atoms with Crippen LogP contribution < -0.4 is 0 Å². The molecule has 0 saturated heterocycles. The highest BCUT2D eigenvalue weighted by Gasteiger charge is 2.30. The molecule has 5 nitrogen and oxygen atoms in total. The Balaban J connectivity index is 2.30. The molecular weight excluding hydrogens is 384 g/mol. The molecule has 0 N–H and O–H groups in total. The molecule has 0 aliphatic rings. The van der Waals surface area contributed by atoms with E-state index in [1.165, 1.54) is 6.92 Å². The molecule has 0 amide bonds. The average molecular weight is 405 g/mol. The maximum Gasteiger partial charge on any atom is 0.317 e. The summed E-state index contributed by atoms with van der Waals surface area (Å²) in [6, 6.07) is 11.4. The van der Waals surface area contributed by atoms with Crippen LogP contribution in [0.3, 0.4) is 0 Å². The highest BCUT2D eigenvalue weighted by atomic mass is 79.9. The molecule has 25 heavy (non-hydrogen) atoms. The van der Waals surface area contributed by atoms with Crippen LogP contribution in [0.1, 0.15) is 33.3 Å². The third-order valence-electron chi connectivity index (χ3n) is 3.50. The quantitative estimate of drug-likeness (QED) is 0.556. The monoisotopic (exact) mass is 404 g/mol. The van der Waals surface area contributed by atoms with Gasteiger partial charge in [0.1, 0.15) is 21.9 Å². The highest BCUT2D eigenvalue weighted by Crippen LogP contribution is 2.24. The van der Waals surface area contributed by atoms with Crippen LogP contribution in [0.4, 0.5) is 0 Å². The first-order valence-corrected chi connectivity index (χ1v) is 8.77. The van der Waals surface area contributed by atoms with Gasteiger partial charge < -0.3 is 4.74 Å². The maximum absolute atomic E-state index is 12.4. The van der Waals surface area contributed by atoms with Gasteiger partial charge >= 0.3 is 5.97 Å². The van der Waals surface area contributed by atoms with Gasteiger partial charge in [-0.2, -0.15) is 0 Å². The van der Waals surface area contributed by atoms with E-state index >= 15 is 0 Å². The summed E-state index contributed by atoms with van der Waals surface area (Å²) in [6.07, 6.45) is 0.209. The number of carbonyl (C=O) groups excluding carboxylic acids is 2. The minimum Gasteiger partial charge on any atom is -0.459 e. The number of hydrogen-bond acceptors (Lipinski definition) is 5. The van der Waals surface area contributed by atoms with Crippen LogP contribution >= 0.6 is 15.9 Å². The van der Waals surface area contributed by atoms with Crippen molar-refractivity contribution >= 4 is 27.7 Å². The number of esters is 1. The van der Waals surface area contributed by atoms with Gasteiger partial charge in [0.2, 0.25) is 0 Å². The average Bonchev–Trinajstić information content (AvgIpc) is 2.52. The Labute approximate surface area is 155 Å². The molecule has 1 aromatic heterocycles. The number of nitrogens with zero attached hydrogens (tertiary/aromatic N) is 2. The summed E-state index contributed by atoms with van der Waals surface area (Å²) in [5.41, 5.74) is 1.69. The van der Waals surface area contributed by atoms with Crippen LogP contribution in [0.5, 0.6) is 0 Å². The summed E-state index contributed by atoms with van der Waals surface area (Å²) >= 11 is 3.35. The van der Waals surface area contributed by atoms with Crippen molar-refractivity contribution in [2.45, 2.75) is 39.7 Å². The van der Waals surface area contributed by atoms with Gasteiger partial charge in [0, 0.05) is 5.56 Å². The van der Waals surface area contributed by atoms with Crippen molar-refractivity contribution in [3.63, 3.8) is 0 Å². The number of carbonyl (C=O) groups is 2. The van der Waals surface area contributed by atoms with Gasteiger partial charge in [-0.05, 0) is 61.7 Å². The number of ether oxygens (including phenoxy) is 1. The van der Waals surface area contributed by atoms with Crippen molar-refractivity contribution in [2.24, 2.45) is 5.92 Å². The Bertz CT molecular complexity index is 770. The van der Waals surface area contributed by atoms with Crippen molar-refractivity contribution < 1.29 is 14.3 Å². The first-order chi connectivity index (χ1) is 11.7. The van der Waals surface area contributed by atoms with E-state index in [2.05, 4.69) is 26.1 Å². The van der Waals surface area contributed by atoms with Crippen LogP contribution in [0.25, 0.3) is 11.3 Å². The van der Waals surface area contributed by atoms with E-state index in [1.807, 2.05) is 36.4 Å². The van der Waals surface area contributed by atoms with E-state index in [4.69, 9.17) is 4.74 Å². The molecule has 2 rings (SSSR count). The van der Waals surface area contributed by atoms with Crippen molar-refractivity contribution in [1.29, 1.82) is 0 Å². The predicted molar refractivity (Wildman–Crippen MR) is 98.9 cm³/mol. The molecule has 0 fully saturated rings. The van der Waals surface area contributed by atoms with Gasteiger partial charge in [-0.1, -0.05) is 30.3 Å². The smallest absolute Gasteiger partial charge is 0.317 e. The van der Waals surface area contributed by atoms with Crippen LogP contribution in [0.2, 0.25) is 0 Å². The highest BCUT2D eigenvalue weighted by molar-refractivity contribution is 9.10. The normalized spacial score (nSPS) is 12.5. The Hall–Kier alpha value is -2.08. The van der Waals surface area contributed by atoms with Gasteiger partial charge in [0.05, 0.1) is 5.69 Å². The van der Waals surface area contributed by atoms with E-state index in [0.717, 1.165) is 11.1 Å². The number of benzene rings is 1. The minimum absolute atomic E-state index is 0.209. The van der Waals surface area contributed by atoms with Crippen molar-refractivity contribution in [3.8, 4) is 11.3 Å². The molecule has 6 heteroatoms. The Kier molecular flexibility index (Phi) is 6.06. The zero-order valence-corrected chi connectivity index (χ0v) is 16.3. The van der Waals surface area contributed by atoms with E-state index in [0.29, 0.717) is 10.3 Å². The summed E-state index contributed by atoms with van der Waals surface area (Å²) in [5, 5.41) is 8.27. The summed E-state index contributed by atoms with van der Waals surface area (Å²) in [6.45, 7) is 6.73. The predicted octanol–water partition coefficient (Wildman–Crippen LogP) is 4.00. The second-order valence-corrected chi connectivity index (χ2v) is 7.56. The number of hydrogen-bond donors (Lipinski definition) is 0. The second kappa shape index (κ2) is 7.87. The third-order valence-corrected chi connectivity index (χ3v) is 4.16. The lowest BCUT2D eigenvalue weighted by Gasteiger charge is -2.23. The number of halogens is 1. The molecule has 1 heterocycles. The molecule has 132 valence electrons. The molecule has 0 bridgehead atoms. The van der Waals surface area contributed by atoms with Crippen LogP contribution in [0, 0.1) is 5.92 Å². The van der Waals surface area contributed by atoms with Gasteiger partial charge in [0.25, 0.3) is 0 Å². The first kappa shape index (κ1) is 19.2. The second-order valence-electron chi connectivity index (χ2n) is 6.81. The fourth-order valence-corrected chi connectivity index (χ4v) is 2.65. The molecule has 0 aliphatic carbocycles. The SMILES string of the molecule is CC(=O)C(Cc1cc(-c2ccccc2)nnc1Br)C(=O)OC(C)(C)C. The molecule has 0 spiro atoms. The van der Waals surface area contributed by atoms with E-state index in [9.17, 15) is 9.59 Å². The number of rotatable bonds is 5. The van der Waals surface area contributed by atoms with E-state index in [-0.39, 0.29) is 12.2 Å². The van der Waals surface area contributed by atoms with Crippen LogP contribution in [-0.2, 0) is 20.7 Å². The van der Waals surface area contributed by atoms with Crippen LogP contribution in [0.15, 0.2) is 41.0 Å². The zero-order chi connectivity index (χ0) is 18.6. The lowest BCUT2D eigenvalue weighted by atomic mass is 9.96. The van der Waals surface area contributed by atoms with Crippen molar-refractivity contribution in [3.05, 3.63) is 46.6 Å². The van der Waals surface area contributed by atoms with Crippen molar-refractivity contribution in [1.82, 2.24) is 10.2 Å². The van der Waals surface area contributed by atoms with Gasteiger partial charge in [-0.25, -0.2) is 0 Å². The van der Waals surface area contributed by atoms with Crippen LogP contribution in [-0.4, -0.2) is 27.6 Å². The number of ketones is 1. The Morgan fingerprint density at radius 3 is 2.36 bits per heavy atom. The fourth-order valence-electron chi connectivity index (χ4n) is 2.29.